The van der Waals surface area contributed by atoms with Gasteiger partial charge in [-0.05, 0) is 38.2 Å². The van der Waals surface area contributed by atoms with E-state index in [0.29, 0.717) is 6.42 Å². The lowest BCUT2D eigenvalue weighted by Gasteiger charge is -2.32. The highest BCUT2D eigenvalue weighted by molar-refractivity contribution is 7.98. The van der Waals surface area contributed by atoms with Crippen LogP contribution in [0.4, 0.5) is 4.79 Å². The van der Waals surface area contributed by atoms with Crippen LogP contribution >= 0.6 is 11.8 Å². The summed E-state index contributed by atoms with van der Waals surface area (Å²) in [5.41, 5.74) is 0. The number of aliphatic carboxylic acids is 1. The van der Waals surface area contributed by atoms with Gasteiger partial charge in [0.15, 0.2) is 0 Å². The summed E-state index contributed by atoms with van der Waals surface area (Å²) in [6.07, 6.45) is 6.33. The number of carbonyl (C=O) groups is 2. The molecule has 1 saturated carbocycles. The van der Waals surface area contributed by atoms with Crippen LogP contribution in [0.15, 0.2) is 0 Å². The number of thioether (sulfide) groups is 1. The average Bonchev–Trinajstić information content (AvgIpc) is 2.44. The molecular weight excluding hydrogens is 276 g/mol. The Balaban J connectivity index is 2.52. The number of carbonyl (C=O) groups excluding carboxylic acids is 1. The Labute approximate surface area is 125 Å². The Morgan fingerprint density at radius 3 is 2.65 bits per heavy atom. The van der Waals surface area contributed by atoms with E-state index in [1.165, 1.54) is 0 Å². The highest BCUT2D eigenvalue weighted by Crippen LogP contribution is 2.25. The van der Waals surface area contributed by atoms with Gasteiger partial charge in [-0.15, -0.1) is 0 Å². The molecule has 116 valence electrons. The van der Waals surface area contributed by atoms with E-state index >= 15 is 0 Å². The van der Waals surface area contributed by atoms with E-state index in [0.717, 1.165) is 31.4 Å². The predicted octanol–water partition coefficient (Wildman–Crippen LogP) is 2.41. The maximum absolute atomic E-state index is 12.2. The van der Waals surface area contributed by atoms with Crippen molar-refractivity contribution in [2.75, 3.05) is 19.1 Å². The Kier molecular flexibility index (Phi) is 7.19. The molecule has 0 spiro atoms. The van der Waals surface area contributed by atoms with Gasteiger partial charge in [0.05, 0.1) is 5.92 Å². The first-order chi connectivity index (χ1) is 9.47. The third kappa shape index (κ3) is 4.89. The fourth-order valence-corrected chi connectivity index (χ4v) is 3.12. The van der Waals surface area contributed by atoms with Crippen molar-refractivity contribution in [1.82, 2.24) is 10.2 Å². The number of hydrogen-bond acceptors (Lipinski definition) is 3. The van der Waals surface area contributed by atoms with Crippen LogP contribution < -0.4 is 5.32 Å². The third-order valence-corrected chi connectivity index (χ3v) is 4.76. The molecule has 6 heteroatoms. The molecule has 2 N–H and O–H groups in total. The molecule has 0 aromatic carbocycles. The van der Waals surface area contributed by atoms with E-state index < -0.39 is 11.9 Å². The third-order valence-electron chi connectivity index (χ3n) is 4.11. The summed E-state index contributed by atoms with van der Waals surface area (Å²) in [4.78, 5) is 25.1. The maximum atomic E-state index is 12.2. The number of carboxylic acid groups (broad SMARTS) is 1. The van der Waals surface area contributed by atoms with Crippen molar-refractivity contribution >= 4 is 23.8 Å². The van der Waals surface area contributed by atoms with E-state index in [-0.39, 0.29) is 18.1 Å². The van der Waals surface area contributed by atoms with Gasteiger partial charge in [-0.2, -0.15) is 11.8 Å². The van der Waals surface area contributed by atoms with Crippen LogP contribution in [-0.2, 0) is 4.79 Å². The molecule has 0 bridgehead atoms. The summed E-state index contributed by atoms with van der Waals surface area (Å²) < 4.78 is 0. The molecule has 0 heterocycles. The van der Waals surface area contributed by atoms with Gasteiger partial charge in [-0.25, -0.2) is 4.79 Å². The fraction of sp³-hybridized carbons (Fsp3) is 0.857. The average molecular weight is 302 g/mol. The molecule has 1 aliphatic rings. The first-order valence-electron chi connectivity index (χ1n) is 7.22. The minimum atomic E-state index is -0.798. The minimum absolute atomic E-state index is 0.156. The van der Waals surface area contributed by atoms with Crippen LogP contribution in [0.2, 0.25) is 0 Å². The molecule has 0 aromatic heterocycles. The van der Waals surface area contributed by atoms with Crippen molar-refractivity contribution < 1.29 is 14.7 Å². The maximum Gasteiger partial charge on any atom is 0.317 e. The smallest absolute Gasteiger partial charge is 0.317 e. The monoisotopic (exact) mass is 302 g/mol. The number of amides is 2. The lowest BCUT2D eigenvalue weighted by atomic mass is 9.84. The topological polar surface area (TPSA) is 69.6 Å². The zero-order valence-corrected chi connectivity index (χ0v) is 13.4. The number of hydrogen-bond donors (Lipinski definition) is 2. The lowest BCUT2D eigenvalue weighted by Crippen LogP contribution is -2.51. The van der Waals surface area contributed by atoms with Crippen LogP contribution in [0.25, 0.3) is 0 Å². The first kappa shape index (κ1) is 17.1. The minimum Gasteiger partial charge on any atom is -0.481 e. The van der Waals surface area contributed by atoms with Gasteiger partial charge in [-0.3, -0.25) is 4.79 Å². The quantitative estimate of drug-likeness (QED) is 0.790. The van der Waals surface area contributed by atoms with Crippen molar-refractivity contribution in [2.24, 2.45) is 5.92 Å². The summed E-state index contributed by atoms with van der Waals surface area (Å²) >= 11 is 1.76. The van der Waals surface area contributed by atoms with Crippen LogP contribution in [0.5, 0.6) is 0 Å². The molecule has 0 radical (unpaired) electrons. The summed E-state index contributed by atoms with van der Waals surface area (Å²) in [5.74, 6) is -0.226. The highest BCUT2D eigenvalue weighted by Gasteiger charge is 2.32. The van der Waals surface area contributed by atoms with Crippen molar-refractivity contribution in [3.8, 4) is 0 Å². The lowest BCUT2D eigenvalue weighted by molar-refractivity contribution is -0.143. The molecule has 1 rings (SSSR count). The molecule has 5 nitrogen and oxygen atoms in total. The standard InChI is InChI=1S/C14H26N2O3S/c1-10(8-9-20-3)16(2)14(19)15-12-7-5-4-6-11(12)13(17)18/h10-12H,4-9H2,1-3H3,(H,15,19)(H,17,18). The zero-order chi connectivity index (χ0) is 15.1. The van der Waals surface area contributed by atoms with Gasteiger partial charge in [0.25, 0.3) is 0 Å². The number of nitrogens with zero attached hydrogens (tertiary/aromatic N) is 1. The van der Waals surface area contributed by atoms with Crippen LogP contribution in [0.3, 0.4) is 0 Å². The predicted molar refractivity (Wildman–Crippen MR) is 82.1 cm³/mol. The van der Waals surface area contributed by atoms with Crippen LogP contribution in [0.1, 0.15) is 39.0 Å². The normalized spacial score (nSPS) is 23.9. The molecule has 0 aromatic rings. The van der Waals surface area contributed by atoms with E-state index in [1.807, 2.05) is 13.2 Å². The number of nitrogens with one attached hydrogen (secondary N) is 1. The van der Waals surface area contributed by atoms with Crippen LogP contribution in [0, 0.1) is 5.92 Å². The molecule has 0 aliphatic heterocycles. The highest BCUT2D eigenvalue weighted by atomic mass is 32.2. The van der Waals surface area contributed by atoms with Gasteiger partial charge >= 0.3 is 12.0 Å². The van der Waals surface area contributed by atoms with Crippen molar-refractivity contribution in [3.05, 3.63) is 0 Å². The molecule has 0 saturated heterocycles. The molecular formula is C14H26N2O3S. The number of rotatable bonds is 6. The van der Waals surface area contributed by atoms with Gasteiger partial charge < -0.3 is 15.3 Å². The molecule has 3 unspecified atom stereocenters. The SMILES string of the molecule is CSCCC(C)N(C)C(=O)NC1CCCCC1C(=O)O. The van der Waals surface area contributed by atoms with E-state index in [9.17, 15) is 14.7 Å². The molecule has 20 heavy (non-hydrogen) atoms. The fourth-order valence-electron chi connectivity index (χ4n) is 2.54. The van der Waals surface area contributed by atoms with E-state index in [4.69, 9.17) is 0 Å². The van der Waals surface area contributed by atoms with Gasteiger partial charge in [0, 0.05) is 19.1 Å². The van der Waals surface area contributed by atoms with Gasteiger partial charge in [0.2, 0.25) is 0 Å². The van der Waals surface area contributed by atoms with Gasteiger partial charge in [-0.1, -0.05) is 12.8 Å². The van der Waals surface area contributed by atoms with Crippen LogP contribution in [-0.4, -0.2) is 53.1 Å². The molecule has 2 amide bonds. The number of carboxylic acids is 1. The molecule has 3 atom stereocenters. The summed E-state index contributed by atoms with van der Waals surface area (Å²) in [6.45, 7) is 2.02. The van der Waals surface area contributed by atoms with E-state index in [2.05, 4.69) is 5.32 Å². The van der Waals surface area contributed by atoms with Crippen molar-refractivity contribution in [3.63, 3.8) is 0 Å². The van der Waals surface area contributed by atoms with E-state index in [1.54, 1.807) is 23.7 Å². The Hall–Kier alpha value is -0.910. The van der Waals surface area contributed by atoms with Crippen molar-refractivity contribution in [1.29, 1.82) is 0 Å². The van der Waals surface area contributed by atoms with Gasteiger partial charge in [0.1, 0.15) is 0 Å². The summed E-state index contributed by atoms with van der Waals surface area (Å²) in [5, 5.41) is 12.1. The molecule has 1 fully saturated rings. The van der Waals surface area contributed by atoms with Crippen molar-refractivity contribution in [2.45, 2.75) is 51.1 Å². The Morgan fingerprint density at radius 2 is 2.05 bits per heavy atom. The summed E-state index contributed by atoms with van der Waals surface area (Å²) in [7, 11) is 1.78. The second-order valence-electron chi connectivity index (χ2n) is 5.53. The largest absolute Gasteiger partial charge is 0.481 e. The second kappa shape index (κ2) is 8.39. The Morgan fingerprint density at radius 1 is 1.40 bits per heavy atom. The zero-order valence-electron chi connectivity index (χ0n) is 12.6. The second-order valence-corrected chi connectivity index (χ2v) is 6.51. The Bertz CT molecular complexity index is 338. The first-order valence-corrected chi connectivity index (χ1v) is 8.61. The number of urea groups is 1. The summed E-state index contributed by atoms with van der Waals surface area (Å²) in [6, 6.07) is -0.227. The molecule has 1 aliphatic carbocycles.